The van der Waals surface area contributed by atoms with Gasteiger partial charge in [-0.3, -0.25) is 18.9 Å². The quantitative estimate of drug-likeness (QED) is 0.245. The van der Waals surface area contributed by atoms with Crippen molar-refractivity contribution in [3.8, 4) is 0 Å². The van der Waals surface area contributed by atoms with E-state index in [2.05, 4.69) is 15.5 Å². The highest BCUT2D eigenvalue weighted by molar-refractivity contribution is 5.85. The molecule has 0 radical (unpaired) electrons. The van der Waals surface area contributed by atoms with Crippen LogP contribution in [0.5, 0.6) is 0 Å². The van der Waals surface area contributed by atoms with E-state index in [1.807, 2.05) is 30.3 Å². The molecule has 13 nitrogen and oxygen atoms in total. The summed E-state index contributed by atoms with van der Waals surface area (Å²) in [6, 6.07) is 13.9. The minimum Gasteiger partial charge on any atom is -0.443 e. The molecule has 0 fully saturated rings. The van der Waals surface area contributed by atoms with E-state index in [1.54, 1.807) is 36.4 Å². The maximum absolute atomic E-state index is 12.8. The Morgan fingerprint density at radius 1 is 1.11 bits per heavy atom. The maximum atomic E-state index is 12.8. The van der Waals surface area contributed by atoms with Crippen molar-refractivity contribution < 1.29 is 29.0 Å². The number of carbonyl (C=O) groups is 3. The third kappa shape index (κ3) is 7.47. The van der Waals surface area contributed by atoms with Gasteiger partial charge in [0.1, 0.15) is 25.4 Å². The van der Waals surface area contributed by atoms with Crippen LogP contribution in [0.25, 0.3) is 5.65 Å². The number of hydrogen-bond donors (Lipinski definition) is 4. The molecule has 3 rings (SSSR count). The Labute approximate surface area is 219 Å². The van der Waals surface area contributed by atoms with E-state index in [-0.39, 0.29) is 13.2 Å². The number of benzene rings is 1. The number of nitrogens with zero attached hydrogens (tertiary/aromatic N) is 4. The number of fused-ring (bicyclic) bond motifs is 1. The van der Waals surface area contributed by atoms with Gasteiger partial charge in [-0.05, 0) is 38.5 Å². The van der Waals surface area contributed by atoms with Gasteiger partial charge >= 0.3 is 6.09 Å². The number of ether oxygens (including phenoxy) is 2. The van der Waals surface area contributed by atoms with Crippen molar-refractivity contribution in [1.29, 1.82) is 0 Å². The lowest BCUT2D eigenvalue weighted by Gasteiger charge is -2.24. The van der Waals surface area contributed by atoms with Crippen LogP contribution in [0, 0.1) is 0 Å². The van der Waals surface area contributed by atoms with Gasteiger partial charge in [0.15, 0.2) is 11.5 Å². The fourth-order valence-corrected chi connectivity index (χ4v) is 3.50. The van der Waals surface area contributed by atoms with E-state index in [4.69, 9.17) is 20.9 Å². The standard InChI is InChI=1S/C25H33N7O6/c1-16(33)31(12-20(26)34)24(36)38-14-18-10-7-11-21-29-30-22(32(18)21)19(28-23(35)25(2,3)27)15-37-13-17-8-5-4-6-9-17/h4-11,16,19,33H,12-15,27H2,1-3H3,(H2,26,34)(H,28,35)/t16?,19-/m1/s1. The second kappa shape index (κ2) is 12.4. The number of nitrogens with two attached hydrogens (primary N) is 2. The Morgan fingerprint density at radius 3 is 2.45 bits per heavy atom. The zero-order valence-electron chi connectivity index (χ0n) is 21.5. The predicted molar refractivity (Wildman–Crippen MR) is 136 cm³/mol. The van der Waals surface area contributed by atoms with E-state index in [9.17, 15) is 19.5 Å². The number of aliphatic hydroxyl groups is 1. The Bertz CT molecular complexity index is 1260. The van der Waals surface area contributed by atoms with Crippen molar-refractivity contribution in [1.82, 2.24) is 24.8 Å². The summed E-state index contributed by atoms with van der Waals surface area (Å²) in [7, 11) is 0. The molecule has 2 atom stereocenters. The largest absolute Gasteiger partial charge is 0.443 e. The second-order valence-electron chi connectivity index (χ2n) is 9.30. The molecule has 6 N–H and O–H groups in total. The van der Waals surface area contributed by atoms with Crippen LogP contribution >= 0.6 is 0 Å². The van der Waals surface area contributed by atoms with E-state index in [0.717, 1.165) is 10.5 Å². The number of pyridine rings is 1. The molecular weight excluding hydrogens is 494 g/mol. The molecule has 0 saturated heterocycles. The number of primary amides is 1. The molecule has 38 heavy (non-hydrogen) atoms. The Morgan fingerprint density at radius 2 is 1.82 bits per heavy atom. The van der Waals surface area contributed by atoms with Gasteiger partial charge in [0.25, 0.3) is 0 Å². The molecular formula is C25H33N7O6. The highest BCUT2D eigenvalue weighted by Gasteiger charge is 2.29. The molecule has 0 aliphatic rings. The van der Waals surface area contributed by atoms with Crippen LogP contribution in [0.15, 0.2) is 48.5 Å². The van der Waals surface area contributed by atoms with Crippen LogP contribution in [0.2, 0.25) is 0 Å². The van der Waals surface area contributed by atoms with Crippen molar-refractivity contribution in [3.63, 3.8) is 0 Å². The van der Waals surface area contributed by atoms with Crippen LogP contribution < -0.4 is 16.8 Å². The number of carbonyl (C=O) groups excluding carboxylic acids is 3. The summed E-state index contributed by atoms with van der Waals surface area (Å²) in [5, 5.41) is 21.2. The summed E-state index contributed by atoms with van der Waals surface area (Å²) in [5.41, 5.74) is 11.9. The number of amides is 3. The minimum absolute atomic E-state index is 0.0556. The molecule has 204 valence electrons. The molecule has 0 spiro atoms. The van der Waals surface area contributed by atoms with Crippen molar-refractivity contribution in [2.75, 3.05) is 13.2 Å². The molecule has 3 amide bonds. The Balaban J connectivity index is 1.87. The number of hydrogen-bond acceptors (Lipinski definition) is 9. The van der Waals surface area contributed by atoms with Gasteiger partial charge in [0, 0.05) is 0 Å². The first-order chi connectivity index (χ1) is 18.0. The van der Waals surface area contributed by atoms with Crippen LogP contribution in [-0.4, -0.2) is 67.4 Å². The lowest BCUT2D eigenvalue weighted by atomic mass is 10.1. The molecule has 0 aliphatic carbocycles. The zero-order chi connectivity index (χ0) is 27.9. The van der Waals surface area contributed by atoms with Gasteiger partial charge in [0.2, 0.25) is 11.8 Å². The van der Waals surface area contributed by atoms with Crippen molar-refractivity contribution in [2.24, 2.45) is 11.5 Å². The average molecular weight is 528 g/mol. The summed E-state index contributed by atoms with van der Waals surface area (Å²) < 4.78 is 12.9. The van der Waals surface area contributed by atoms with Crippen LogP contribution in [0.4, 0.5) is 4.79 Å². The third-order valence-electron chi connectivity index (χ3n) is 5.49. The van der Waals surface area contributed by atoms with Gasteiger partial charge in [0.05, 0.1) is 24.4 Å². The summed E-state index contributed by atoms with van der Waals surface area (Å²) in [6.07, 6.45) is -2.23. The molecule has 2 heterocycles. The fraction of sp³-hybridized carbons (Fsp3) is 0.400. The molecule has 1 aromatic carbocycles. The van der Waals surface area contributed by atoms with Crippen molar-refractivity contribution >= 4 is 23.6 Å². The Kier molecular flexibility index (Phi) is 9.34. The number of aliphatic hydroxyl groups excluding tert-OH is 1. The summed E-state index contributed by atoms with van der Waals surface area (Å²) in [4.78, 5) is 37.4. The lowest BCUT2D eigenvalue weighted by Crippen LogP contribution is -2.51. The highest BCUT2D eigenvalue weighted by Crippen LogP contribution is 2.19. The van der Waals surface area contributed by atoms with E-state index >= 15 is 0 Å². The molecule has 0 bridgehead atoms. The second-order valence-corrected chi connectivity index (χ2v) is 9.30. The van der Waals surface area contributed by atoms with Gasteiger partial charge in [-0.1, -0.05) is 36.4 Å². The monoisotopic (exact) mass is 527 g/mol. The summed E-state index contributed by atoms with van der Waals surface area (Å²) in [6.45, 7) is 4.06. The average Bonchev–Trinajstić information content (AvgIpc) is 3.29. The first-order valence-electron chi connectivity index (χ1n) is 11.9. The molecule has 1 unspecified atom stereocenters. The molecule has 3 aromatic rings. The smallest absolute Gasteiger partial charge is 0.412 e. The Hall–Kier alpha value is -4.07. The van der Waals surface area contributed by atoms with Crippen molar-refractivity contribution in [3.05, 3.63) is 65.6 Å². The first-order valence-corrected chi connectivity index (χ1v) is 11.9. The normalized spacial score (nSPS) is 13.1. The molecule has 2 aromatic heterocycles. The maximum Gasteiger partial charge on any atom is 0.412 e. The SMILES string of the molecule is CC(O)N(CC(N)=O)C(=O)OCc1cccc2nnc([C@@H](COCc3ccccc3)NC(=O)C(C)(C)N)n12. The van der Waals surface area contributed by atoms with Gasteiger partial charge < -0.3 is 31.4 Å². The van der Waals surface area contributed by atoms with Gasteiger partial charge in [-0.2, -0.15) is 0 Å². The molecule has 13 heteroatoms. The fourth-order valence-electron chi connectivity index (χ4n) is 3.50. The number of nitrogens with one attached hydrogen (secondary N) is 1. The van der Waals surface area contributed by atoms with Crippen molar-refractivity contribution in [2.45, 2.75) is 51.8 Å². The summed E-state index contributed by atoms with van der Waals surface area (Å²) >= 11 is 0. The highest BCUT2D eigenvalue weighted by atomic mass is 16.6. The van der Waals surface area contributed by atoms with Gasteiger partial charge in [-0.25, -0.2) is 4.79 Å². The predicted octanol–water partition coefficient (Wildman–Crippen LogP) is 0.603. The van der Waals surface area contributed by atoms with E-state index in [1.165, 1.54) is 6.92 Å². The van der Waals surface area contributed by atoms with Crippen LogP contribution in [-0.2, 0) is 32.3 Å². The van der Waals surface area contributed by atoms with E-state index in [0.29, 0.717) is 23.8 Å². The molecule has 0 aliphatic heterocycles. The lowest BCUT2D eigenvalue weighted by molar-refractivity contribution is -0.126. The zero-order valence-corrected chi connectivity index (χ0v) is 21.5. The third-order valence-corrected chi connectivity index (χ3v) is 5.49. The molecule has 0 saturated carbocycles. The van der Waals surface area contributed by atoms with Crippen LogP contribution in [0.3, 0.4) is 0 Å². The van der Waals surface area contributed by atoms with E-state index < -0.39 is 42.3 Å². The van der Waals surface area contributed by atoms with Gasteiger partial charge in [-0.15, -0.1) is 10.2 Å². The topological polar surface area (TPSA) is 187 Å². The summed E-state index contributed by atoms with van der Waals surface area (Å²) in [5.74, 6) is -0.893. The number of aromatic nitrogens is 3. The first kappa shape index (κ1) is 28.5. The van der Waals surface area contributed by atoms with Crippen LogP contribution in [0.1, 0.15) is 43.9 Å². The number of rotatable bonds is 12. The minimum atomic E-state index is -1.29.